The van der Waals surface area contributed by atoms with E-state index in [1.165, 1.54) is 30.5 Å². The molecule has 0 spiro atoms. The largest absolute Gasteiger partial charge is 0.388 e. The number of fused-ring (bicyclic) bond motifs is 1. The summed E-state index contributed by atoms with van der Waals surface area (Å²) >= 11 is 6.16. The molecule has 1 aliphatic heterocycles. The van der Waals surface area contributed by atoms with Crippen molar-refractivity contribution < 1.29 is 24.3 Å². The van der Waals surface area contributed by atoms with Crippen molar-refractivity contribution in [2.75, 3.05) is 16.8 Å². The average Bonchev–Trinajstić information content (AvgIpc) is 3.14. The quantitative estimate of drug-likeness (QED) is 0.163. The first-order valence-electron chi connectivity index (χ1n) is 12.9. The lowest BCUT2D eigenvalue weighted by molar-refractivity contribution is 0.0985. The molecule has 0 saturated carbocycles. The molecule has 8 nitrogen and oxygen atoms in total. The number of amides is 2. The monoisotopic (exact) mass is 572 g/mol. The standard InChI is InChI=1S/C31H26ClFN4O4/c32-21-11-14-27-25(17-21)28(38)10-5-15-37(27)31(40)24-13-12-22(16-20(24)18-34-36-41)35-30(39)29-23(8-4-9-26(29)33)19-6-2-1-3-7-19/h1-4,6-9,11-14,16-18,28,36,38,41H,5,10,15H2,(H,35,39). The maximum Gasteiger partial charge on any atom is 0.259 e. The number of nitrogens with zero attached hydrogens (tertiary/aromatic N) is 2. The third-order valence-corrected chi connectivity index (χ3v) is 7.11. The van der Waals surface area contributed by atoms with E-state index >= 15 is 0 Å². The number of rotatable bonds is 6. The van der Waals surface area contributed by atoms with Gasteiger partial charge >= 0.3 is 0 Å². The number of hydrogen-bond donors (Lipinski definition) is 4. The fourth-order valence-electron chi connectivity index (χ4n) is 4.96. The summed E-state index contributed by atoms with van der Waals surface area (Å²) in [6, 6.07) is 23.0. The van der Waals surface area contributed by atoms with Crippen molar-refractivity contribution in [1.29, 1.82) is 0 Å². The number of aliphatic hydroxyl groups excluding tert-OH is 1. The molecule has 4 aromatic carbocycles. The van der Waals surface area contributed by atoms with Gasteiger partial charge in [0.05, 0.1) is 17.9 Å². The normalized spacial score (nSPS) is 14.8. The fraction of sp³-hybridized carbons (Fsp3) is 0.129. The van der Waals surface area contributed by atoms with Crippen molar-refractivity contribution in [3.05, 3.63) is 118 Å². The van der Waals surface area contributed by atoms with Crippen molar-refractivity contribution in [2.24, 2.45) is 5.10 Å². The second-order valence-corrected chi connectivity index (χ2v) is 9.90. The van der Waals surface area contributed by atoms with Crippen LogP contribution in [0.25, 0.3) is 11.1 Å². The molecule has 0 saturated heterocycles. The van der Waals surface area contributed by atoms with E-state index in [9.17, 15) is 19.1 Å². The van der Waals surface area contributed by atoms with Gasteiger partial charge in [0, 0.05) is 39.6 Å². The van der Waals surface area contributed by atoms with E-state index in [-0.39, 0.29) is 28.3 Å². The van der Waals surface area contributed by atoms with Gasteiger partial charge in [-0.15, -0.1) is 0 Å². The lowest BCUT2D eigenvalue weighted by Gasteiger charge is -2.24. The summed E-state index contributed by atoms with van der Waals surface area (Å²) in [6.07, 6.45) is 1.49. The van der Waals surface area contributed by atoms with Crippen LogP contribution in [0.15, 0.2) is 90.0 Å². The molecule has 0 radical (unpaired) electrons. The minimum Gasteiger partial charge on any atom is -0.388 e. The van der Waals surface area contributed by atoms with Crippen LogP contribution in [0.1, 0.15) is 50.8 Å². The van der Waals surface area contributed by atoms with Crippen LogP contribution in [-0.2, 0) is 0 Å². The SMILES string of the molecule is O=C(Nc1ccc(C(=O)N2CCCC(O)c3cc(Cl)ccc32)c(C=NNO)c1)c1c(F)cccc1-c1ccccc1. The molecule has 1 atom stereocenters. The molecule has 4 aromatic rings. The number of hydrazone groups is 1. The van der Waals surface area contributed by atoms with Gasteiger partial charge in [-0.1, -0.05) is 54.1 Å². The van der Waals surface area contributed by atoms with Gasteiger partial charge in [-0.2, -0.15) is 10.7 Å². The van der Waals surface area contributed by atoms with Crippen LogP contribution in [0.4, 0.5) is 15.8 Å². The van der Waals surface area contributed by atoms with Crippen LogP contribution >= 0.6 is 11.6 Å². The Morgan fingerprint density at radius 2 is 1.83 bits per heavy atom. The molecule has 0 aliphatic carbocycles. The van der Waals surface area contributed by atoms with Gasteiger partial charge in [-0.25, -0.2) is 4.39 Å². The Bertz CT molecular complexity index is 1630. The topological polar surface area (TPSA) is 114 Å². The first-order chi connectivity index (χ1) is 19.9. The van der Waals surface area contributed by atoms with E-state index in [0.29, 0.717) is 46.8 Å². The number of hydrogen-bond acceptors (Lipinski definition) is 6. The van der Waals surface area contributed by atoms with Gasteiger partial charge in [0.25, 0.3) is 11.8 Å². The number of benzene rings is 4. The van der Waals surface area contributed by atoms with Crippen LogP contribution in [0.3, 0.4) is 0 Å². The van der Waals surface area contributed by atoms with Crippen LogP contribution in [0.2, 0.25) is 5.02 Å². The highest BCUT2D eigenvalue weighted by molar-refractivity contribution is 6.30. The predicted molar refractivity (Wildman–Crippen MR) is 156 cm³/mol. The Balaban J connectivity index is 1.49. The number of halogens is 2. The highest BCUT2D eigenvalue weighted by Gasteiger charge is 2.28. The Hall–Kier alpha value is -4.57. The third kappa shape index (κ3) is 5.97. The van der Waals surface area contributed by atoms with Crippen molar-refractivity contribution in [3.63, 3.8) is 0 Å². The molecule has 10 heteroatoms. The van der Waals surface area contributed by atoms with Crippen LogP contribution < -0.4 is 15.8 Å². The molecule has 5 rings (SSSR count). The molecule has 1 heterocycles. The van der Waals surface area contributed by atoms with E-state index in [1.807, 2.05) is 6.07 Å². The Labute approximate surface area is 240 Å². The van der Waals surface area contributed by atoms with Gasteiger partial charge in [0.15, 0.2) is 0 Å². The Morgan fingerprint density at radius 1 is 1.02 bits per heavy atom. The number of aliphatic hydroxyl groups is 1. The van der Waals surface area contributed by atoms with Gasteiger partial charge in [-0.3, -0.25) is 14.8 Å². The first-order valence-corrected chi connectivity index (χ1v) is 13.3. The lowest BCUT2D eigenvalue weighted by atomic mass is 9.98. The van der Waals surface area contributed by atoms with Gasteiger partial charge < -0.3 is 15.3 Å². The molecular weight excluding hydrogens is 547 g/mol. The van der Waals surface area contributed by atoms with Gasteiger partial charge in [0.2, 0.25) is 0 Å². The summed E-state index contributed by atoms with van der Waals surface area (Å²) in [6.45, 7) is 0.355. The van der Waals surface area contributed by atoms with E-state index in [2.05, 4.69) is 10.4 Å². The molecule has 1 aliphatic rings. The highest BCUT2D eigenvalue weighted by atomic mass is 35.5. The van der Waals surface area contributed by atoms with Crippen molar-refractivity contribution in [2.45, 2.75) is 18.9 Å². The zero-order valence-electron chi connectivity index (χ0n) is 21.7. The summed E-state index contributed by atoms with van der Waals surface area (Å²) in [5, 5.41) is 26.5. The number of carbonyl (C=O) groups excluding carboxylic acids is 2. The third-order valence-electron chi connectivity index (χ3n) is 6.87. The van der Waals surface area contributed by atoms with E-state index < -0.39 is 17.8 Å². The molecule has 1 unspecified atom stereocenters. The summed E-state index contributed by atoms with van der Waals surface area (Å²) < 4.78 is 14.9. The molecule has 4 N–H and O–H groups in total. The number of nitrogens with one attached hydrogen (secondary N) is 2. The molecule has 2 amide bonds. The zero-order chi connectivity index (χ0) is 28.9. The van der Waals surface area contributed by atoms with E-state index in [4.69, 9.17) is 16.8 Å². The second kappa shape index (κ2) is 12.3. The zero-order valence-corrected chi connectivity index (χ0v) is 22.5. The lowest BCUT2D eigenvalue weighted by Crippen LogP contribution is -2.32. The minimum absolute atomic E-state index is 0.121. The predicted octanol–water partition coefficient (Wildman–Crippen LogP) is 6.19. The summed E-state index contributed by atoms with van der Waals surface area (Å²) in [5.41, 5.74) is 4.57. The maximum absolute atomic E-state index is 14.9. The van der Waals surface area contributed by atoms with E-state index in [1.54, 1.807) is 65.1 Å². The molecule has 0 fully saturated rings. The van der Waals surface area contributed by atoms with Crippen LogP contribution in [-0.4, -0.2) is 34.9 Å². The number of carbonyl (C=O) groups is 2. The molecule has 41 heavy (non-hydrogen) atoms. The molecule has 208 valence electrons. The fourth-order valence-corrected chi connectivity index (χ4v) is 5.14. The Kier molecular flexibility index (Phi) is 8.39. The van der Waals surface area contributed by atoms with Crippen LogP contribution in [0.5, 0.6) is 0 Å². The molecule has 0 aromatic heterocycles. The molecule has 0 bridgehead atoms. The van der Waals surface area contributed by atoms with E-state index in [0.717, 1.165) is 0 Å². The number of anilines is 2. The summed E-state index contributed by atoms with van der Waals surface area (Å²) in [4.78, 5) is 28.7. The van der Waals surface area contributed by atoms with Crippen LogP contribution in [0, 0.1) is 5.82 Å². The second-order valence-electron chi connectivity index (χ2n) is 9.46. The maximum atomic E-state index is 14.9. The first kappa shape index (κ1) is 28.0. The average molecular weight is 573 g/mol. The summed E-state index contributed by atoms with van der Waals surface area (Å²) in [5.74, 6) is -1.72. The van der Waals surface area contributed by atoms with Crippen molar-refractivity contribution in [1.82, 2.24) is 5.59 Å². The smallest absolute Gasteiger partial charge is 0.259 e. The van der Waals surface area contributed by atoms with Gasteiger partial charge in [-0.05, 0) is 66.4 Å². The molecular formula is C31H26ClFN4O4. The van der Waals surface area contributed by atoms with Gasteiger partial charge in [0.1, 0.15) is 5.82 Å². The minimum atomic E-state index is -0.766. The van der Waals surface area contributed by atoms with Crippen molar-refractivity contribution >= 4 is 41.0 Å². The summed E-state index contributed by atoms with van der Waals surface area (Å²) in [7, 11) is 0. The highest BCUT2D eigenvalue weighted by Crippen LogP contribution is 2.36. The Morgan fingerprint density at radius 3 is 2.61 bits per heavy atom. The van der Waals surface area contributed by atoms with Crippen molar-refractivity contribution in [3.8, 4) is 11.1 Å².